The minimum absolute atomic E-state index is 0.0952. The lowest BCUT2D eigenvalue weighted by molar-refractivity contribution is 0.259. The molecule has 0 aliphatic rings. The average molecular weight is 503 g/mol. The molecule has 0 radical (unpaired) electrons. The molecule has 2 amide bonds. The van der Waals surface area contributed by atoms with Gasteiger partial charge in [-0.15, -0.1) is 0 Å². The number of nitrogens with one attached hydrogen (secondary N) is 1. The first-order valence-corrected chi connectivity index (χ1v) is 13.5. The number of para-hydroxylation sites is 1. The fourth-order valence-corrected chi connectivity index (χ4v) is 5.00. The van der Waals surface area contributed by atoms with E-state index in [1.807, 2.05) is 106 Å². The molecule has 0 saturated heterocycles. The van der Waals surface area contributed by atoms with Gasteiger partial charge in [-0.1, -0.05) is 105 Å². The van der Waals surface area contributed by atoms with Gasteiger partial charge in [-0.2, -0.15) is 12.7 Å². The van der Waals surface area contributed by atoms with Crippen LogP contribution >= 0.6 is 0 Å². The number of aryl methyl sites for hydroxylation is 1. The quantitative estimate of drug-likeness (QED) is 0.411. The van der Waals surface area contributed by atoms with Crippen LogP contribution in [-0.4, -0.2) is 19.0 Å². The SMILES string of the molecule is Cc1cc(C(C)(C)C)c(N(C(=O)Nc2c(C(C)C)cccc2C(C)C)S(=O)(=O)O)c(C(C)(C)C)c1. The molecule has 2 N–H and O–H groups in total. The van der Waals surface area contributed by atoms with Crippen molar-refractivity contribution in [3.05, 3.63) is 58.1 Å². The van der Waals surface area contributed by atoms with Crippen LogP contribution in [0.2, 0.25) is 0 Å². The first kappa shape index (κ1) is 28.9. The topological polar surface area (TPSA) is 86.7 Å². The van der Waals surface area contributed by atoms with Gasteiger partial charge in [0.15, 0.2) is 0 Å². The normalized spacial score (nSPS) is 12.9. The van der Waals surface area contributed by atoms with Crippen molar-refractivity contribution in [3.63, 3.8) is 0 Å². The third-order valence-electron chi connectivity index (χ3n) is 6.09. The Hall–Kier alpha value is -2.38. The molecule has 0 spiro atoms. The molecule has 2 aromatic carbocycles. The van der Waals surface area contributed by atoms with E-state index in [4.69, 9.17) is 0 Å². The Morgan fingerprint density at radius 2 is 1.29 bits per heavy atom. The van der Waals surface area contributed by atoms with Crippen molar-refractivity contribution in [3.8, 4) is 0 Å². The molecule has 194 valence electrons. The van der Waals surface area contributed by atoms with Crippen LogP contribution in [0.4, 0.5) is 16.2 Å². The van der Waals surface area contributed by atoms with E-state index in [1.165, 1.54) is 0 Å². The molecular formula is C28H42N2O4S. The Morgan fingerprint density at radius 3 is 1.60 bits per heavy atom. The molecule has 0 aliphatic carbocycles. The minimum Gasteiger partial charge on any atom is -0.306 e. The van der Waals surface area contributed by atoms with E-state index in [2.05, 4.69) is 5.32 Å². The Morgan fingerprint density at radius 1 is 0.886 bits per heavy atom. The number of amides is 2. The second-order valence-corrected chi connectivity index (χ2v) is 13.3. The maximum Gasteiger partial charge on any atom is 0.368 e. The second kappa shape index (κ2) is 9.94. The summed E-state index contributed by atoms with van der Waals surface area (Å²) in [6.45, 7) is 21.8. The largest absolute Gasteiger partial charge is 0.368 e. The van der Waals surface area contributed by atoms with Crippen LogP contribution in [-0.2, 0) is 21.1 Å². The lowest BCUT2D eigenvalue weighted by Gasteiger charge is -2.34. The zero-order valence-electron chi connectivity index (χ0n) is 23.1. The highest BCUT2D eigenvalue weighted by Gasteiger charge is 2.38. The number of nitrogens with zero attached hydrogens (tertiary/aromatic N) is 1. The summed E-state index contributed by atoms with van der Waals surface area (Å²) in [5.41, 5.74) is 3.86. The van der Waals surface area contributed by atoms with Gasteiger partial charge in [0.1, 0.15) is 0 Å². The lowest BCUT2D eigenvalue weighted by Crippen LogP contribution is -2.43. The van der Waals surface area contributed by atoms with Gasteiger partial charge < -0.3 is 5.32 Å². The van der Waals surface area contributed by atoms with Crippen molar-refractivity contribution < 1.29 is 17.8 Å². The van der Waals surface area contributed by atoms with Crippen LogP contribution in [0.15, 0.2) is 30.3 Å². The monoisotopic (exact) mass is 502 g/mol. The van der Waals surface area contributed by atoms with E-state index in [0.717, 1.165) is 16.7 Å². The molecule has 0 atom stereocenters. The first-order valence-electron chi connectivity index (χ1n) is 12.1. The predicted molar refractivity (Wildman–Crippen MR) is 146 cm³/mol. The van der Waals surface area contributed by atoms with Gasteiger partial charge in [0.2, 0.25) is 0 Å². The number of urea groups is 1. The summed E-state index contributed by atoms with van der Waals surface area (Å²) in [5, 5.41) is 2.87. The molecule has 7 heteroatoms. The summed E-state index contributed by atoms with van der Waals surface area (Å²) in [6, 6.07) is 8.65. The molecular weight excluding hydrogens is 460 g/mol. The Kier molecular flexibility index (Phi) is 8.19. The average Bonchev–Trinajstić information content (AvgIpc) is 2.65. The van der Waals surface area contributed by atoms with Crippen molar-refractivity contribution in [2.75, 3.05) is 9.62 Å². The van der Waals surface area contributed by atoms with Crippen LogP contribution in [0.25, 0.3) is 0 Å². The highest BCUT2D eigenvalue weighted by atomic mass is 32.2. The standard InChI is InChI=1S/C28H42N2O4S/c1-17(2)20-13-12-14-21(18(3)4)24(20)29-26(31)30(35(32,33)34)25-22(27(6,7)8)15-19(5)16-23(25)28(9,10)11/h12-18H,1-11H3,(H,29,31)(H,32,33,34). The lowest BCUT2D eigenvalue weighted by atomic mass is 9.77. The Balaban J connectivity index is 2.89. The fraction of sp³-hybridized carbons (Fsp3) is 0.536. The van der Waals surface area contributed by atoms with Crippen molar-refractivity contribution in [1.29, 1.82) is 0 Å². The predicted octanol–water partition coefficient (Wildman–Crippen LogP) is 7.68. The van der Waals surface area contributed by atoms with Gasteiger partial charge in [0.25, 0.3) is 0 Å². The molecule has 0 unspecified atom stereocenters. The number of hydrogen-bond acceptors (Lipinski definition) is 3. The molecule has 35 heavy (non-hydrogen) atoms. The van der Waals surface area contributed by atoms with Gasteiger partial charge in [-0.3, -0.25) is 4.55 Å². The zero-order chi connectivity index (χ0) is 27.1. The number of hydrogen-bond donors (Lipinski definition) is 2. The van der Waals surface area contributed by atoms with Gasteiger partial charge in [-0.05, 0) is 51.8 Å². The third kappa shape index (κ3) is 6.44. The number of anilines is 2. The maximum atomic E-state index is 13.8. The molecule has 2 rings (SSSR count). The van der Waals surface area contributed by atoms with Crippen LogP contribution < -0.4 is 9.62 Å². The van der Waals surface area contributed by atoms with E-state index >= 15 is 0 Å². The molecule has 0 saturated carbocycles. The molecule has 6 nitrogen and oxygen atoms in total. The van der Waals surface area contributed by atoms with Crippen LogP contribution in [0.3, 0.4) is 0 Å². The molecule has 0 fully saturated rings. The molecule has 0 aliphatic heterocycles. The minimum atomic E-state index is -4.96. The maximum absolute atomic E-state index is 13.8. The van der Waals surface area contributed by atoms with Gasteiger partial charge >= 0.3 is 16.3 Å². The Labute approximate surface area is 212 Å². The molecule has 2 aromatic rings. The summed E-state index contributed by atoms with van der Waals surface area (Å²) >= 11 is 0. The van der Waals surface area contributed by atoms with Gasteiger partial charge in [0, 0.05) is 5.69 Å². The zero-order valence-corrected chi connectivity index (χ0v) is 23.9. The van der Waals surface area contributed by atoms with Crippen molar-refractivity contribution in [1.82, 2.24) is 0 Å². The smallest absolute Gasteiger partial charge is 0.306 e. The molecule has 0 bridgehead atoms. The van der Waals surface area contributed by atoms with E-state index < -0.39 is 27.2 Å². The third-order valence-corrected chi connectivity index (χ3v) is 6.90. The first-order chi connectivity index (χ1) is 15.8. The summed E-state index contributed by atoms with van der Waals surface area (Å²) in [7, 11) is -4.96. The van der Waals surface area contributed by atoms with Crippen LogP contribution in [0, 0.1) is 6.92 Å². The van der Waals surface area contributed by atoms with Crippen LogP contribution in [0.1, 0.15) is 109 Å². The Bertz CT molecular complexity index is 1140. The number of carbonyl (C=O) groups is 1. The number of carbonyl (C=O) groups excluding carboxylic acids is 1. The van der Waals surface area contributed by atoms with Crippen molar-refractivity contribution in [2.45, 2.75) is 98.8 Å². The molecule has 0 heterocycles. The highest BCUT2D eigenvalue weighted by molar-refractivity contribution is 7.88. The summed E-state index contributed by atoms with van der Waals surface area (Å²) in [6.07, 6.45) is 0. The van der Waals surface area contributed by atoms with Crippen molar-refractivity contribution in [2.24, 2.45) is 0 Å². The van der Waals surface area contributed by atoms with E-state index in [-0.39, 0.29) is 17.5 Å². The summed E-state index contributed by atoms with van der Waals surface area (Å²) in [5.74, 6) is 0.190. The highest BCUT2D eigenvalue weighted by Crippen LogP contribution is 2.42. The number of rotatable bonds is 5. The second-order valence-electron chi connectivity index (χ2n) is 12.0. The van der Waals surface area contributed by atoms with E-state index in [1.54, 1.807) is 0 Å². The van der Waals surface area contributed by atoms with Gasteiger partial charge in [0.05, 0.1) is 5.69 Å². The summed E-state index contributed by atoms with van der Waals surface area (Å²) < 4.78 is 36.7. The molecule has 0 aromatic heterocycles. The van der Waals surface area contributed by atoms with E-state index in [9.17, 15) is 17.8 Å². The summed E-state index contributed by atoms with van der Waals surface area (Å²) in [4.78, 5) is 13.8. The van der Waals surface area contributed by atoms with Crippen molar-refractivity contribution >= 4 is 27.7 Å². The van der Waals surface area contributed by atoms with Crippen LogP contribution in [0.5, 0.6) is 0 Å². The van der Waals surface area contributed by atoms with Gasteiger partial charge in [-0.25, -0.2) is 4.79 Å². The fourth-order valence-electron chi connectivity index (χ4n) is 4.32. The number of benzene rings is 2. The van der Waals surface area contributed by atoms with E-state index in [0.29, 0.717) is 21.1 Å².